The second-order valence-electron chi connectivity index (χ2n) is 6.09. The van der Waals surface area contributed by atoms with E-state index in [0.717, 1.165) is 30.0 Å². The summed E-state index contributed by atoms with van der Waals surface area (Å²) in [5.41, 5.74) is 3.04. The highest BCUT2D eigenvalue weighted by molar-refractivity contribution is 5.64. The minimum absolute atomic E-state index is 0.0135. The lowest BCUT2D eigenvalue weighted by Crippen LogP contribution is -2.21. The summed E-state index contributed by atoms with van der Waals surface area (Å²) in [6.07, 6.45) is 4.39. The van der Waals surface area contributed by atoms with Crippen molar-refractivity contribution in [3.63, 3.8) is 0 Å². The monoisotopic (exact) mass is 349 g/mol. The van der Waals surface area contributed by atoms with Crippen LogP contribution in [0.2, 0.25) is 0 Å². The van der Waals surface area contributed by atoms with E-state index in [2.05, 4.69) is 37.7 Å². The maximum atomic E-state index is 9.28. The molecule has 3 rings (SSSR count). The Balaban J connectivity index is 1.77. The zero-order chi connectivity index (χ0) is 18.2. The minimum Gasteiger partial charge on any atom is -0.394 e. The van der Waals surface area contributed by atoms with Gasteiger partial charge in [-0.1, -0.05) is 30.3 Å². The average Bonchev–Trinajstić information content (AvgIpc) is 2.69. The number of aromatic nitrogens is 3. The van der Waals surface area contributed by atoms with Crippen LogP contribution in [-0.2, 0) is 6.42 Å². The fourth-order valence-electron chi connectivity index (χ4n) is 2.52. The van der Waals surface area contributed by atoms with Crippen molar-refractivity contribution >= 4 is 11.8 Å². The molecule has 0 fully saturated rings. The van der Waals surface area contributed by atoms with Gasteiger partial charge in [-0.05, 0) is 31.0 Å². The predicted molar refractivity (Wildman–Crippen MR) is 104 cm³/mol. The molecular weight excluding hydrogens is 326 g/mol. The Labute approximate surface area is 153 Å². The quantitative estimate of drug-likeness (QED) is 0.580. The average molecular weight is 349 g/mol. The van der Waals surface area contributed by atoms with Gasteiger partial charge < -0.3 is 15.7 Å². The molecule has 2 heterocycles. The zero-order valence-corrected chi connectivity index (χ0v) is 14.8. The van der Waals surface area contributed by atoms with Gasteiger partial charge in [0.1, 0.15) is 5.82 Å². The molecule has 0 amide bonds. The van der Waals surface area contributed by atoms with Crippen LogP contribution in [0.15, 0.2) is 60.9 Å². The third-order valence-electron chi connectivity index (χ3n) is 3.91. The first-order valence-corrected chi connectivity index (χ1v) is 8.69. The number of hydrogen-bond acceptors (Lipinski definition) is 6. The summed E-state index contributed by atoms with van der Waals surface area (Å²) in [6, 6.07) is 15.9. The second-order valence-corrected chi connectivity index (χ2v) is 6.09. The van der Waals surface area contributed by atoms with Crippen LogP contribution in [0.1, 0.15) is 12.5 Å². The third kappa shape index (κ3) is 5.00. The van der Waals surface area contributed by atoms with Gasteiger partial charge in [-0.2, -0.15) is 4.98 Å². The predicted octanol–water partition coefficient (Wildman–Crippen LogP) is 2.99. The summed E-state index contributed by atoms with van der Waals surface area (Å²) in [5, 5.41) is 15.8. The van der Waals surface area contributed by atoms with Gasteiger partial charge in [-0.15, -0.1) is 0 Å². The molecule has 0 saturated carbocycles. The van der Waals surface area contributed by atoms with Crippen LogP contribution in [0.4, 0.5) is 11.8 Å². The molecule has 0 aliphatic heterocycles. The Morgan fingerprint density at radius 1 is 1.04 bits per heavy atom. The number of anilines is 2. The topological polar surface area (TPSA) is 83.0 Å². The number of hydrogen-bond donors (Lipinski definition) is 3. The Hall–Kier alpha value is -2.99. The van der Waals surface area contributed by atoms with Crippen molar-refractivity contribution in [2.24, 2.45) is 0 Å². The lowest BCUT2D eigenvalue weighted by Gasteiger charge is -2.14. The van der Waals surface area contributed by atoms with E-state index in [1.807, 2.05) is 43.3 Å². The lowest BCUT2D eigenvalue weighted by atomic mass is 10.1. The molecule has 6 nitrogen and oxygen atoms in total. The molecule has 2 aromatic heterocycles. The van der Waals surface area contributed by atoms with Crippen molar-refractivity contribution < 1.29 is 5.11 Å². The van der Waals surface area contributed by atoms with Gasteiger partial charge >= 0.3 is 0 Å². The van der Waals surface area contributed by atoms with Crippen molar-refractivity contribution in [1.82, 2.24) is 15.0 Å². The fraction of sp³-hybridized carbons (Fsp3) is 0.250. The van der Waals surface area contributed by atoms with Crippen LogP contribution in [0, 0.1) is 0 Å². The van der Waals surface area contributed by atoms with E-state index >= 15 is 0 Å². The molecule has 0 radical (unpaired) electrons. The first kappa shape index (κ1) is 17.8. The van der Waals surface area contributed by atoms with Gasteiger partial charge in [-0.25, -0.2) is 4.98 Å². The van der Waals surface area contributed by atoms with E-state index < -0.39 is 0 Å². The standard InChI is InChI=1S/C20H23N5O/c1-15(14-26)23-20-24-18(17-8-10-21-11-9-17)13-19(25-20)22-12-7-16-5-3-2-4-6-16/h2-6,8-11,13,15,26H,7,12,14H2,1H3,(H2,22,23,24,25)/t15-/m1/s1. The first-order valence-electron chi connectivity index (χ1n) is 8.69. The highest BCUT2D eigenvalue weighted by Gasteiger charge is 2.09. The SMILES string of the molecule is C[C@H](CO)Nc1nc(NCCc2ccccc2)cc(-c2ccncc2)n1. The highest BCUT2D eigenvalue weighted by Crippen LogP contribution is 2.21. The van der Waals surface area contributed by atoms with Crippen molar-refractivity contribution in [3.05, 3.63) is 66.5 Å². The van der Waals surface area contributed by atoms with Gasteiger partial charge in [0.05, 0.1) is 12.3 Å². The Bertz CT molecular complexity index is 811. The Morgan fingerprint density at radius 3 is 2.54 bits per heavy atom. The number of aliphatic hydroxyl groups is 1. The summed E-state index contributed by atoms with van der Waals surface area (Å²) in [6.45, 7) is 2.66. The van der Waals surface area contributed by atoms with Crippen molar-refractivity contribution in [2.75, 3.05) is 23.8 Å². The smallest absolute Gasteiger partial charge is 0.225 e. The number of nitrogens with zero attached hydrogens (tertiary/aromatic N) is 3. The first-order chi connectivity index (χ1) is 12.7. The Morgan fingerprint density at radius 2 is 1.81 bits per heavy atom. The minimum atomic E-state index is -0.125. The summed E-state index contributed by atoms with van der Waals surface area (Å²) in [5.74, 6) is 1.23. The van der Waals surface area contributed by atoms with Gasteiger partial charge in [0.25, 0.3) is 0 Å². The number of aliphatic hydroxyl groups excluding tert-OH is 1. The number of benzene rings is 1. The second kappa shape index (κ2) is 8.92. The molecular formula is C20H23N5O. The molecule has 0 aliphatic carbocycles. The normalized spacial score (nSPS) is 11.8. The van der Waals surface area contributed by atoms with Crippen LogP contribution in [0.5, 0.6) is 0 Å². The van der Waals surface area contributed by atoms with Gasteiger partial charge in [-0.3, -0.25) is 4.98 Å². The third-order valence-corrected chi connectivity index (χ3v) is 3.91. The fourth-order valence-corrected chi connectivity index (χ4v) is 2.52. The zero-order valence-electron chi connectivity index (χ0n) is 14.8. The molecule has 0 bridgehead atoms. The van der Waals surface area contributed by atoms with Crippen LogP contribution >= 0.6 is 0 Å². The van der Waals surface area contributed by atoms with Crippen LogP contribution in [-0.4, -0.2) is 39.3 Å². The molecule has 26 heavy (non-hydrogen) atoms. The molecule has 6 heteroatoms. The number of pyridine rings is 1. The van der Waals surface area contributed by atoms with Crippen molar-refractivity contribution in [1.29, 1.82) is 0 Å². The molecule has 134 valence electrons. The van der Waals surface area contributed by atoms with Crippen LogP contribution < -0.4 is 10.6 Å². The maximum absolute atomic E-state index is 9.28. The summed E-state index contributed by atoms with van der Waals surface area (Å²) in [4.78, 5) is 13.1. The van der Waals surface area contributed by atoms with E-state index in [4.69, 9.17) is 0 Å². The van der Waals surface area contributed by atoms with Gasteiger partial charge in [0, 0.05) is 36.6 Å². The molecule has 1 aromatic carbocycles. The largest absolute Gasteiger partial charge is 0.394 e. The number of nitrogens with one attached hydrogen (secondary N) is 2. The lowest BCUT2D eigenvalue weighted by molar-refractivity contribution is 0.281. The van der Waals surface area contributed by atoms with E-state index in [9.17, 15) is 5.11 Å². The van der Waals surface area contributed by atoms with Crippen LogP contribution in [0.3, 0.4) is 0 Å². The molecule has 0 saturated heterocycles. The van der Waals surface area contributed by atoms with E-state index in [1.54, 1.807) is 12.4 Å². The van der Waals surface area contributed by atoms with Gasteiger partial charge in [0.2, 0.25) is 5.95 Å². The highest BCUT2D eigenvalue weighted by atomic mass is 16.3. The van der Waals surface area contributed by atoms with E-state index in [0.29, 0.717) is 5.95 Å². The van der Waals surface area contributed by atoms with Gasteiger partial charge in [0.15, 0.2) is 0 Å². The van der Waals surface area contributed by atoms with Crippen molar-refractivity contribution in [2.45, 2.75) is 19.4 Å². The molecule has 0 aliphatic rings. The molecule has 3 N–H and O–H groups in total. The molecule has 3 aromatic rings. The molecule has 0 spiro atoms. The summed E-state index contributed by atoms with van der Waals surface area (Å²) < 4.78 is 0. The molecule has 1 atom stereocenters. The van der Waals surface area contributed by atoms with Crippen LogP contribution in [0.25, 0.3) is 11.3 Å². The Kier molecular flexibility index (Phi) is 6.11. The van der Waals surface area contributed by atoms with E-state index in [-0.39, 0.29) is 12.6 Å². The maximum Gasteiger partial charge on any atom is 0.225 e. The number of rotatable bonds is 8. The van der Waals surface area contributed by atoms with Crippen molar-refractivity contribution in [3.8, 4) is 11.3 Å². The molecule has 0 unspecified atom stereocenters. The van der Waals surface area contributed by atoms with E-state index in [1.165, 1.54) is 5.56 Å². The summed E-state index contributed by atoms with van der Waals surface area (Å²) in [7, 11) is 0. The summed E-state index contributed by atoms with van der Waals surface area (Å²) >= 11 is 0.